The minimum atomic E-state index is -0.539. The Labute approximate surface area is 147 Å². The molecule has 0 saturated carbocycles. The Balaban J connectivity index is 1.67. The van der Waals surface area contributed by atoms with Gasteiger partial charge in [0.1, 0.15) is 5.82 Å². The molecule has 0 unspecified atom stereocenters. The number of rotatable bonds is 5. The molecule has 3 rings (SSSR count). The van der Waals surface area contributed by atoms with Crippen molar-refractivity contribution in [3.8, 4) is 0 Å². The minimum absolute atomic E-state index is 0.324. The van der Waals surface area contributed by atoms with Crippen LogP contribution >= 0.6 is 0 Å². The van der Waals surface area contributed by atoms with Crippen LogP contribution in [0.5, 0.6) is 0 Å². The largest absolute Gasteiger partial charge is 0.368 e. The van der Waals surface area contributed by atoms with Gasteiger partial charge in [-0.05, 0) is 29.8 Å². The number of nitrogens with two attached hydrogens (primary N) is 1. The number of halogens is 1. The number of carbonyl (C=O) groups is 1. The average molecular weight is 339 g/mol. The normalized spacial score (nSPS) is 15.6. The van der Waals surface area contributed by atoms with Crippen molar-refractivity contribution in [1.29, 1.82) is 0 Å². The summed E-state index contributed by atoms with van der Waals surface area (Å²) >= 11 is 0. The number of benzene rings is 2. The van der Waals surface area contributed by atoms with Crippen LogP contribution < -0.4 is 10.6 Å². The van der Waals surface area contributed by atoms with Crippen LogP contribution in [0.2, 0.25) is 0 Å². The van der Waals surface area contributed by atoms with Gasteiger partial charge in [0.05, 0.1) is 0 Å². The van der Waals surface area contributed by atoms with Gasteiger partial charge in [0.15, 0.2) is 0 Å². The fraction of sp³-hybridized carbons (Fsp3) is 0.250. The van der Waals surface area contributed by atoms with E-state index < -0.39 is 5.91 Å². The van der Waals surface area contributed by atoms with Crippen molar-refractivity contribution in [2.45, 2.75) is 6.54 Å². The molecule has 1 saturated heterocycles. The number of hydrogen-bond acceptors (Lipinski definition) is 3. The van der Waals surface area contributed by atoms with Crippen molar-refractivity contribution in [3.05, 3.63) is 71.6 Å². The van der Waals surface area contributed by atoms with E-state index in [1.54, 1.807) is 12.1 Å². The molecular weight excluding hydrogens is 317 g/mol. The van der Waals surface area contributed by atoms with E-state index in [1.165, 1.54) is 23.8 Å². The van der Waals surface area contributed by atoms with Crippen LogP contribution in [0.4, 0.5) is 10.1 Å². The molecule has 130 valence electrons. The van der Waals surface area contributed by atoms with Crippen molar-refractivity contribution >= 4 is 17.7 Å². The first kappa shape index (κ1) is 17.2. The number of primary amides is 1. The van der Waals surface area contributed by atoms with Gasteiger partial charge in [-0.25, -0.2) is 4.39 Å². The van der Waals surface area contributed by atoms with E-state index in [0.717, 1.165) is 38.4 Å². The number of hydrogen-bond donors (Lipinski definition) is 1. The van der Waals surface area contributed by atoms with Crippen molar-refractivity contribution in [3.63, 3.8) is 0 Å². The summed E-state index contributed by atoms with van der Waals surface area (Å²) in [5, 5.41) is 0. The highest BCUT2D eigenvalue weighted by molar-refractivity contribution is 5.91. The molecule has 5 heteroatoms. The molecule has 0 bridgehead atoms. The molecule has 1 fully saturated rings. The number of anilines is 1. The molecule has 2 N–H and O–H groups in total. The molecule has 0 spiro atoms. The molecule has 0 aromatic heterocycles. The van der Waals surface area contributed by atoms with Crippen molar-refractivity contribution in [2.24, 2.45) is 5.73 Å². The van der Waals surface area contributed by atoms with Crippen LogP contribution in [0.1, 0.15) is 11.1 Å². The minimum Gasteiger partial charge on any atom is -0.368 e. The van der Waals surface area contributed by atoms with Crippen LogP contribution in [0.15, 0.2) is 54.6 Å². The monoisotopic (exact) mass is 339 g/mol. The Hall–Kier alpha value is -2.66. The maximum Gasteiger partial charge on any atom is 0.241 e. The molecule has 1 aliphatic rings. The van der Waals surface area contributed by atoms with Gasteiger partial charge >= 0.3 is 0 Å². The third kappa shape index (κ3) is 4.67. The predicted molar refractivity (Wildman–Crippen MR) is 98.6 cm³/mol. The van der Waals surface area contributed by atoms with Crippen LogP contribution in [-0.4, -0.2) is 37.0 Å². The van der Waals surface area contributed by atoms with Gasteiger partial charge in [0.25, 0.3) is 0 Å². The molecule has 2 aromatic rings. The highest BCUT2D eigenvalue weighted by Crippen LogP contribution is 2.24. The maximum absolute atomic E-state index is 13.6. The van der Waals surface area contributed by atoms with Crippen LogP contribution in [0.3, 0.4) is 0 Å². The summed E-state index contributed by atoms with van der Waals surface area (Å²) in [6, 6.07) is 15.1. The standard InChI is InChI=1S/C20H22FN3O/c21-18-7-8-19(17(14-18)6-9-20(22)25)24-12-10-23(11-13-24)15-16-4-2-1-3-5-16/h1-9,14H,10-13,15H2,(H2,22,25)/b9-6+. The van der Waals surface area contributed by atoms with E-state index in [0.29, 0.717) is 5.56 Å². The molecule has 1 heterocycles. The molecule has 1 amide bonds. The van der Waals surface area contributed by atoms with E-state index in [2.05, 4.69) is 34.1 Å². The zero-order valence-corrected chi connectivity index (χ0v) is 14.1. The van der Waals surface area contributed by atoms with Gasteiger partial charge in [-0.2, -0.15) is 0 Å². The van der Waals surface area contributed by atoms with Gasteiger partial charge < -0.3 is 10.6 Å². The summed E-state index contributed by atoms with van der Waals surface area (Å²) in [5.41, 5.74) is 8.07. The first-order chi connectivity index (χ1) is 12.1. The Bertz CT molecular complexity index is 753. The summed E-state index contributed by atoms with van der Waals surface area (Å²) in [6.07, 6.45) is 2.85. The first-order valence-electron chi connectivity index (χ1n) is 8.40. The van der Waals surface area contributed by atoms with Gasteiger partial charge in [0, 0.05) is 50.1 Å². The van der Waals surface area contributed by atoms with E-state index in [9.17, 15) is 9.18 Å². The highest BCUT2D eigenvalue weighted by Gasteiger charge is 2.19. The highest BCUT2D eigenvalue weighted by atomic mass is 19.1. The second kappa shape index (κ2) is 7.94. The van der Waals surface area contributed by atoms with Crippen molar-refractivity contribution in [1.82, 2.24) is 4.90 Å². The van der Waals surface area contributed by atoms with Gasteiger partial charge in [-0.1, -0.05) is 30.3 Å². The van der Waals surface area contributed by atoms with Gasteiger partial charge in [-0.15, -0.1) is 0 Å². The van der Waals surface area contributed by atoms with E-state index in [1.807, 2.05) is 6.07 Å². The third-order valence-corrected chi connectivity index (χ3v) is 4.38. The number of nitrogens with zero attached hydrogens (tertiary/aromatic N) is 2. The van der Waals surface area contributed by atoms with Gasteiger partial charge in [-0.3, -0.25) is 9.69 Å². The second-order valence-electron chi connectivity index (χ2n) is 6.19. The van der Waals surface area contributed by atoms with E-state index >= 15 is 0 Å². The molecule has 4 nitrogen and oxygen atoms in total. The Morgan fingerprint density at radius 1 is 1.08 bits per heavy atom. The molecule has 0 radical (unpaired) electrons. The van der Waals surface area contributed by atoms with Crippen molar-refractivity contribution < 1.29 is 9.18 Å². The van der Waals surface area contributed by atoms with Crippen LogP contribution in [0, 0.1) is 5.82 Å². The van der Waals surface area contributed by atoms with E-state index in [4.69, 9.17) is 5.73 Å². The summed E-state index contributed by atoms with van der Waals surface area (Å²) in [4.78, 5) is 15.6. The lowest BCUT2D eigenvalue weighted by Crippen LogP contribution is -2.46. The summed E-state index contributed by atoms with van der Waals surface area (Å²) < 4.78 is 13.6. The third-order valence-electron chi connectivity index (χ3n) is 4.38. The number of piperazine rings is 1. The Kier molecular flexibility index (Phi) is 5.46. The number of amides is 1. The topological polar surface area (TPSA) is 49.6 Å². The summed E-state index contributed by atoms with van der Waals surface area (Å²) in [5.74, 6) is -0.863. The predicted octanol–water partition coefficient (Wildman–Crippen LogP) is 2.65. The maximum atomic E-state index is 13.6. The molecule has 2 aromatic carbocycles. The lowest BCUT2D eigenvalue weighted by Gasteiger charge is -2.36. The van der Waals surface area contributed by atoms with E-state index in [-0.39, 0.29) is 5.82 Å². The lowest BCUT2D eigenvalue weighted by molar-refractivity contribution is -0.113. The van der Waals surface area contributed by atoms with Crippen LogP contribution in [-0.2, 0) is 11.3 Å². The first-order valence-corrected chi connectivity index (χ1v) is 8.40. The second-order valence-corrected chi connectivity index (χ2v) is 6.19. The fourth-order valence-corrected chi connectivity index (χ4v) is 3.11. The zero-order valence-electron chi connectivity index (χ0n) is 14.1. The summed E-state index contributed by atoms with van der Waals surface area (Å²) in [6.45, 7) is 4.52. The molecule has 1 aliphatic heterocycles. The zero-order chi connectivity index (χ0) is 17.6. The Morgan fingerprint density at radius 3 is 2.48 bits per heavy atom. The summed E-state index contributed by atoms with van der Waals surface area (Å²) in [7, 11) is 0. The Morgan fingerprint density at radius 2 is 1.80 bits per heavy atom. The molecular formula is C20H22FN3O. The smallest absolute Gasteiger partial charge is 0.241 e. The molecule has 25 heavy (non-hydrogen) atoms. The lowest BCUT2D eigenvalue weighted by atomic mass is 10.1. The molecule has 0 aliphatic carbocycles. The number of carbonyl (C=O) groups excluding carboxylic acids is 1. The fourth-order valence-electron chi connectivity index (χ4n) is 3.11. The average Bonchev–Trinajstić information content (AvgIpc) is 2.62. The van der Waals surface area contributed by atoms with Crippen LogP contribution in [0.25, 0.3) is 6.08 Å². The molecule has 0 atom stereocenters. The van der Waals surface area contributed by atoms with Crippen molar-refractivity contribution in [2.75, 3.05) is 31.1 Å². The SMILES string of the molecule is NC(=O)/C=C/c1cc(F)ccc1N1CCN(Cc2ccccc2)CC1. The van der Waals surface area contributed by atoms with Gasteiger partial charge in [0.2, 0.25) is 5.91 Å². The quantitative estimate of drug-likeness (QED) is 0.852.